The molecule has 3 aromatic rings. The molecule has 0 spiro atoms. The zero-order valence-corrected chi connectivity index (χ0v) is 12.4. The highest BCUT2D eigenvalue weighted by atomic mass is 15.0. The van der Waals surface area contributed by atoms with Crippen molar-refractivity contribution in [2.24, 2.45) is 5.92 Å². The van der Waals surface area contributed by atoms with Gasteiger partial charge in [0.25, 0.3) is 0 Å². The molecule has 0 aliphatic carbocycles. The molecule has 0 aromatic carbocycles. The summed E-state index contributed by atoms with van der Waals surface area (Å²) in [5.74, 6) is 1.55. The number of anilines is 1. The van der Waals surface area contributed by atoms with E-state index in [1.807, 2.05) is 24.5 Å². The van der Waals surface area contributed by atoms with E-state index in [1.54, 1.807) is 6.20 Å². The van der Waals surface area contributed by atoms with Crippen LogP contribution in [0.15, 0.2) is 42.9 Å². The molecule has 0 unspecified atom stereocenters. The molecule has 116 valence electrons. The van der Waals surface area contributed by atoms with E-state index in [-0.39, 0.29) is 7.43 Å². The van der Waals surface area contributed by atoms with E-state index in [2.05, 4.69) is 46.2 Å². The molecule has 3 aromatic heterocycles. The smallest absolute Gasteiger partial charge is 0.137 e. The second-order valence-electron chi connectivity index (χ2n) is 5.72. The van der Waals surface area contributed by atoms with Crippen LogP contribution < -0.4 is 5.32 Å². The quantitative estimate of drug-likeness (QED) is 0.740. The van der Waals surface area contributed by atoms with Gasteiger partial charge in [-0.2, -0.15) is 0 Å². The molecule has 0 fully saturated rings. The Labute approximate surface area is 132 Å². The Morgan fingerprint density at radius 3 is 2.77 bits per heavy atom. The van der Waals surface area contributed by atoms with Crippen LogP contribution in [0.1, 0.15) is 32.4 Å². The number of H-pyrrole nitrogens is 1. The predicted octanol–water partition coefficient (Wildman–Crippen LogP) is 4.25. The van der Waals surface area contributed by atoms with Gasteiger partial charge in [0.2, 0.25) is 0 Å². The van der Waals surface area contributed by atoms with Gasteiger partial charge in [0.15, 0.2) is 0 Å². The lowest BCUT2D eigenvalue weighted by atomic mass is 10.1. The van der Waals surface area contributed by atoms with Gasteiger partial charge in [0.05, 0.1) is 0 Å². The normalized spacial score (nSPS) is 10.7. The fraction of sp³-hybridized carbons (Fsp3) is 0.333. The first kappa shape index (κ1) is 16.0. The summed E-state index contributed by atoms with van der Waals surface area (Å²) in [6, 6.07) is 8.24. The molecule has 2 N–H and O–H groups in total. The molecule has 3 heterocycles. The summed E-state index contributed by atoms with van der Waals surface area (Å²) >= 11 is 0. The minimum atomic E-state index is 0. The number of nitrogens with zero attached hydrogens (tertiary/aromatic N) is 2. The van der Waals surface area contributed by atoms with Gasteiger partial charge in [0, 0.05) is 36.9 Å². The van der Waals surface area contributed by atoms with Gasteiger partial charge >= 0.3 is 0 Å². The Kier molecular flexibility index (Phi) is 5.15. The molecule has 4 nitrogen and oxygen atoms in total. The molecule has 0 aliphatic rings. The number of nitrogens with one attached hydrogen (secondary N) is 2. The van der Waals surface area contributed by atoms with Crippen molar-refractivity contribution in [2.75, 3.05) is 11.9 Å². The Hall–Kier alpha value is -2.36. The minimum Gasteiger partial charge on any atom is -0.370 e. The SMILES string of the molecule is C.CC(C)CNc1ccc(Cc2c[nH]c3ncccc23)cn1. The van der Waals surface area contributed by atoms with Gasteiger partial charge in [-0.15, -0.1) is 0 Å². The predicted molar refractivity (Wildman–Crippen MR) is 93.2 cm³/mol. The van der Waals surface area contributed by atoms with E-state index in [4.69, 9.17) is 0 Å². The van der Waals surface area contributed by atoms with E-state index in [9.17, 15) is 0 Å². The number of pyridine rings is 2. The lowest BCUT2D eigenvalue weighted by molar-refractivity contribution is 0.687. The highest BCUT2D eigenvalue weighted by Gasteiger charge is 2.05. The topological polar surface area (TPSA) is 53.6 Å². The third-order valence-electron chi connectivity index (χ3n) is 3.45. The van der Waals surface area contributed by atoms with Crippen molar-refractivity contribution in [1.29, 1.82) is 0 Å². The van der Waals surface area contributed by atoms with Gasteiger partial charge in [-0.05, 0) is 35.2 Å². The molecule has 0 saturated carbocycles. The van der Waals surface area contributed by atoms with E-state index >= 15 is 0 Å². The second kappa shape index (κ2) is 7.07. The van der Waals surface area contributed by atoms with Crippen molar-refractivity contribution in [2.45, 2.75) is 27.7 Å². The Morgan fingerprint density at radius 1 is 1.18 bits per heavy atom. The fourth-order valence-corrected chi connectivity index (χ4v) is 2.32. The zero-order chi connectivity index (χ0) is 14.7. The molecule has 0 saturated heterocycles. The van der Waals surface area contributed by atoms with Gasteiger partial charge in [-0.1, -0.05) is 27.3 Å². The number of fused-ring (bicyclic) bond motifs is 1. The van der Waals surface area contributed by atoms with Gasteiger partial charge < -0.3 is 10.3 Å². The van der Waals surface area contributed by atoms with Crippen LogP contribution in [0.3, 0.4) is 0 Å². The first-order valence-corrected chi connectivity index (χ1v) is 7.32. The number of hydrogen-bond acceptors (Lipinski definition) is 3. The summed E-state index contributed by atoms with van der Waals surface area (Å²) in [6.07, 6.45) is 6.64. The number of hydrogen-bond donors (Lipinski definition) is 2. The summed E-state index contributed by atoms with van der Waals surface area (Å²) in [4.78, 5) is 12.0. The van der Waals surface area contributed by atoms with Crippen LogP contribution in [0.25, 0.3) is 11.0 Å². The van der Waals surface area contributed by atoms with Crippen molar-refractivity contribution in [3.8, 4) is 0 Å². The maximum Gasteiger partial charge on any atom is 0.137 e. The Morgan fingerprint density at radius 2 is 2.05 bits per heavy atom. The van der Waals surface area contributed by atoms with E-state index in [1.165, 1.54) is 16.5 Å². The second-order valence-corrected chi connectivity index (χ2v) is 5.72. The van der Waals surface area contributed by atoms with Crippen molar-refractivity contribution in [1.82, 2.24) is 15.0 Å². The summed E-state index contributed by atoms with van der Waals surface area (Å²) in [5.41, 5.74) is 3.40. The van der Waals surface area contributed by atoms with Crippen LogP contribution in [0.4, 0.5) is 5.82 Å². The molecular weight excluding hydrogens is 272 g/mol. The van der Waals surface area contributed by atoms with Crippen molar-refractivity contribution in [3.63, 3.8) is 0 Å². The van der Waals surface area contributed by atoms with Gasteiger partial charge in [0.1, 0.15) is 11.5 Å². The molecule has 0 aliphatic heterocycles. The van der Waals surface area contributed by atoms with Crippen LogP contribution in [0, 0.1) is 5.92 Å². The molecule has 22 heavy (non-hydrogen) atoms. The van der Waals surface area contributed by atoms with E-state index < -0.39 is 0 Å². The first-order chi connectivity index (χ1) is 10.2. The average molecular weight is 296 g/mol. The highest BCUT2D eigenvalue weighted by molar-refractivity contribution is 5.79. The van der Waals surface area contributed by atoms with Gasteiger partial charge in [-0.25, -0.2) is 9.97 Å². The summed E-state index contributed by atoms with van der Waals surface area (Å²) in [6.45, 7) is 5.32. The Bertz CT molecular complexity index is 713. The van der Waals surface area contributed by atoms with Crippen LogP contribution in [0.2, 0.25) is 0 Å². The van der Waals surface area contributed by atoms with Crippen LogP contribution in [0.5, 0.6) is 0 Å². The monoisotopic (exact) mass is 296 g/mol. The standard InChI is InChI=1S/C17H20N4.CH4/c1-12(2)9-19-16-6-5-13(10-20-16)8-14-11-21-17-15(14)4-3-7-18-17;/h3-7,10-12H,8-9H2,1-2H3,(H,18,21)(H,19,20);1H4. The lowest BCUT2D eigenvalue weighted by Crippen LogP contribution is -2.09. The van der Waals surface area contributed by atoms with Crippen LogP contribution >= 0.6 is 0 Å². The van der Waals surface area contributed by atoms with E-state index in [0.717, 1.165) is 24.4 Å². The summed E-state index contributed by atoms with van der Waals surface area (Å²) in [7, 11) is 0. The Balaban J connectivity index is 0.00000176. The van der Waals surface area contributed by atoms with Gasteiger partial charge in [-0.3, -0.25) is 0 Å². The zero-order valence-electron chi connectivity index (χ0n) is 12.4. The molecule has 3 rings (SSSR count). The maximum absolute atomic E-state index is 4.47. The largest absolute Gasteiger partial charge is 0.370 e. The fourth-order valence-electron chi connectivity index (χ4n) is 2.32. The third-order valence-corrected chi connectivity index (χ3v) is 3.45. The maximum atomic E-state index is 4.47. The third kappa shape index (κ3) is 3.64. The minimum absolute atomic E-state index is 0. The van der Waals surface area contributed by atoms with Crippen molar-refractivity contribution < 1.29 is 0 Å². The number of aromatic nitrogens is 3. The molecule has 0 bridgehead atoms. The van der Waals surface area contributed by atoms with Crippen LogP contribution in [-0.2, 0) is 6.42 Å². The summed E-state index contributed by atoms with van der Waals surface area (Å²) < 4.78 is 0. The number of aromatic amines is 1. The van der Waals surface area contributed by atoms with Crippen LogP contribution in [-0.4, -0.2) is 21.5 Å². The number of rotatable bonds is 5. The molecular formula is C18H24N4. The van der Waals surface area contributed by atoms with E-state index in [0.29, 0.717) is 5.92 Å². The molecule has 4 heteroatoms. The first-order valence-electron chi connectivity index (χ1n) is 7.32. The molecule has 0 radical (unpaired) electrons. The summed E-state index contributed by atoms with van der Waals surface area (Å²) in [5, 5.41) is 4.51. The van der Waals surface area contributed by atoms with Crippen molar-refractivity contribution >= 4 is 16.9 Å². The molecule has 0 amide bonds. The molecule has 0 atom stereocenters. The highest BCUT2D eigenvalue weighted by Crippen LogP contribution is 2.19. The lowest BCUT2D eigenvalue weighted by Gasteiger charge is -2.08. The average Bonchev–Trinajstić information content (AvgIpc) is 2.90. The van der Waals surface area contributed by atoms with Crippen molar-refractivity contribution in [3.05, 3.63) is 54.0 Å².